The molecule has 0 atom stereocenters. The Balaban J connectivity index is 2.69. The summed E-state index contributed by atoms with van der Waals surface area (Å²) < 4.78 is 0. The van der Waals surface area contributed by atoms with Gasteiger partial charge >= 0.3 is 0 Å². The zero-order valence-electron chi connectivity index (χ0n) is 11.2. The first-order chi connectivity index (χ1) is 8.90. The maximum atomic E-state index is 11.4. The second-order valence-corrected chi connectivity index (χ2v) is 4.63. The molecule has 0 aliphatic carbocycles. The van der Waals surface area contributed by atoms with Gasteiger partial charge in [-0.2, -0.15) is 5.10 Å². The molecular formula is C13H17N3O3. The molecule has 6 nitrogen and oxygen atoms in total. The fourth-order valence-electron chi connectivity index (χ4n) is 1.45. The van der Waals surface area contributed by atoms with Crippen LogP contribution in [0.5, 0.6) is 0 Å². The number of nitro groups is 1. The maximum absolute atomic E-state index is 11.4. The number of hydrogen-bond donors (Lipinski definition) is 1. The van der Waals surface area contributed by atoms with Crippen molar-refractivity contribution in [3.63, 3.8) is 0 Å². The normalized spacial score (nSPS) is 11.5. The Hall–Kier alpha value is -2.24. The number of nitro benzene ring substituents is 1. The molecule has 1 N–H and O–H groups in total. The van der Waals surface area contributed by atoms with Gasteiger partial charge in [-0.1, -0.05) is 13.8 Å². The number of amides is 1. The molecule has 0 aliphatic heterocycles. The molecule has 0 spiro atoms. The Morgan fingerprint density at radius 1 is 1.37 bits per heavy atom. The van der Waals surface area contributed by atoms with Crippen LogP contribution in [0.25, 0.3) is 0 Å². The van der Waals surface area contributed by atoms with Crippen molar-refractivity contribution < 1.29 is 9.72 Å². The predicted octanol–water partition coefficient (Wildman–Crippen LogP) is 2.48. The SMILES string of the molecule is C/C(=N/NC(=O)CC(C)C)c1ccc([N+](=O)[O-])cc1. The Morgan fingerprint density at radius 3 is 2.42 bits per heavy atom. The average Bonchev–Trinajstić information content (AvgIpc) is 2.35. The van der Waals surface area contributed by atoms with E-state index >= 15 is 0 Å². The molecule has 0 unspecified atom stereocenters. The first kappa shape index (κ1) is 14.8. The van der Waals surface area contributed by atoms with Crippen LogP contribution in [0, 0.1) is 16.0 Å². The van der Waals surface area contributed by atoms with Crippen molar-refractivity contribution in [3.8, 4) is 0 Å². The largest absolute Gasteiger partial charge is 0.273 e. The van der Waals surface area contributed by atoms with E-state index in [1.54, 1.807) is 19.1 Å². The minimum Gasteiger partial charge on any atom is -0.273 e. The highest BCUT2D eigenvalue weighted by Gasteiger charge is 2.06. The lowest BCUT2D eigenvalue weighted by molar-refractivity contribution is -0.384. The van der Waals surface area contributed by atoms with E-state index in [2.05, 4.69) is 10.5 Å². The molecule has 19 heavy (non-hydrogen) atoms. The van der Waals surface area contributed by atoms with Gasteiger partial charge in [0.25, 0.3) is 5.69 Å². The number of nitrogens with one attached hydrogen (secondary N) is 1. The third-order valence-corrected chi connectivity index (χ3v) is 2.44. The molecule has 1 amide bonds. The second-order valence-electron chi connectivity index (χ2n) is 4.63. The lowest BCUT2D eigenvalue weighted by atomic mass is 10.1. The first-order valence-corrected chi connectivity index (χ1v) is 5.98. The van der Waals surface area contributed by atoms with Crippen LogP contribution >= 0.6 is 0 Å². The molecule has 0 fully saturated rings. The summed E-state index contributed by atoms with van der Waals surface area (Å²) in [6.45, 7) is 5.63. The summed E-state index contributed by atoms with van der Waals surface area (Å²) in [5.74, 6) is 0.131. The summed E-state index contributed by atoms with van der Waals surface area (Å²) in [6, 6.07) is 6.02. The molecule has 0 bridgehead atoms. The Labute approximate surface area is 111 Å². The lowest BCUT2D eigenvalue weighted by Gasteiger charge is -2.04. The molecule has 1 aromatic carbocycles. The van der Waals surface area contributed by atoms with Gasteiger partial charge in [0.05, 0.1) is 10.6 Å². The van der Waals surface area contributed by atoms with Crippen molar-refractivity contribution in [1.29, 1.82) is 0 Å². The number of carbonyl (C=O) groups excluding carboxylic acids is 1. The standard InChI is InChI=1S/C13H17N3O3/c1-9(2)8-13(17)15-14-10(3)11-4-6-12(7-5-11)16(18)19/h4-7,9H,8H2,1-3H3,(H,15,17)/b14-10-. The van der Waals surface area contributed by atoms with Crippen LogP contribution in [0.15, 0.2) is 29.4 Å². The van der Waals surface area contributed by atoms with E-state index in [4.69, 9.17) is 0 Å². The van der Waals surface area contributed by atoms with Gasteiger partial charge in [-0.15, -0.1) is 0 Å². The zero-order chi connectivity index (χ0) is 14.4. The Bertz CT molecular complexity index is 492. The van der Waals surface area contributed by atoms with E-state index in [9.17, 15) is 14.9 Å². The van der Waals surface area contributed by atoms with E-state index in [1.165, 1.54) is 12.1 Å². The van der Waals surface area contributed by atoms with Crippen LogP contribution in [0.4, 0.5) is 5.69 Å². The zero-order valence-corrected chi connectivity index (χ0v) is 11.2. The van der Waals surface area contributed by atoms with Crippen molar-refractivity contribution in [1.82, 2.24) is 5.43 Å². The lowest BCUT2D eigenvalue weighted by Crippen LogP contribution is -2.20. The highest BCUT2D eigenvalue weighted by molar-refractivity contribution is 5.99. The van der Waals surface area contributed by atoms with E-state index in [0.29, 0.717) is 12.1 Å². The average molecular weight is 263 g/mol. The molecule has 0 saturated heterocycles. The van der Waals surface area contributed by atoms with Gasteiger partial charge in [-0.05, 0) is 30.5 Å². The fraction of sp³-hybridized carbons (Fsp3) is 0.385. The summed E-state index contributed by atoms with van der Waals surface area (Å²) in [7, 11) is 0. The minimum atomic E-state index is -0.458. The van der Waals surface area contributed by atoms with E-state index < -0.39 is 4.92 Å². The molecule has 0 aliphatic rings. The van der Waals surface area contributed by atoms with Gasteiger partial charge in [-0.25, -0.2) is 5.43 Å². The molecule has 1 rings (SSSR count). The third kappa shape index (κ3) is 4.87. The van der Waals surface area contributed by atoms with Gasteiger partial charge in [-0.3, -0.25) is 14.9 Å². The second kappa shape index (κ2) is 6.63. The van der Waals surface area contributed by atoms with E-state index in [1.807, 2.05) is 13.8 Å². The fourth-order valence-corrected chi connectivity index (χ4v) is 1.45. The van der Waals surface area contributed by atoms with Crippen molar-refractivity contribution in [2.24, 2.45) is 11.0 Å². The van der Waals surface area contributed by atoms with E-state index in [-0.39, 0.29) is 17.5 Å². The Morgan fingerprint density at radius 2 is 1.95 bits per heavy atom. The summed E-state index contributed by atoms with van der Waals surface area (Å²) in [6.07, 6.45) is 0.414. The number of nitrogens with zero attached hydrogens (tertiary/aromatic N) is 2. The number of carbonyl (C=O) groups is 1. The van der Waals surface area contributed by atoms with Crippen LogP contribution in [-0.4, -0.2) is 16.5 Å². The number of benzene rings is 1. The highest BCUT2D eigenvalue weighted by Crippen LogP contribution is 2.12. The van der Waals surface area contributed by atoms with Crippen molar-refractivity contribution in [3.05, 3.63) is 39.9 Å². The van der Waals surface area contributed by atoms with Crippen LogP contribution in [0.2, 0.25) is 0 Å². The van der Waals surface area contributed by atoms with Gasteiger partial charge in [0.2, 0.25) is 5.91 Å². The topological polar surface area (TPSA) is 84.6 Å². The van der Waals surface area contributed by atoms with Crippen molar-refractivity contribution in [2.75, 3.05) is 0 Å². The summed E-state index contributed by atoms with van der Waals surface area (Å²) in [4.78, 5) is 21.5. The van der Waals surface area contributed by atoms with Gasteiger partial charge in [0, 0.05) is 18.6 Å². The van der Waals surface area contributed by atoms with Crippen molar-refractivity contribution in [2.45, 2.75) is 27.2 Å². The highest BCUT2D eigenvalue weighted by atomic mass is 16.6. The molecule has 6 heteroatoms. The van der Waals surface area contributed by atoms with Crippen LogP contribution < -0.4 is 5.43 Å². The van der Waals surface area contributed by atoms with E-state index in [0.717, 1.165) is 5.56 Å². The molecule has 0 radical (unpaired) electrons. The molecule has 0 aromatic heterocycles. The Kier molecular flexibility index (Phi) is 5.17. The number of hydrazone groups is 1. The quantitative estimate of drug-likeness (QED) is 0.503. The van der Waals surface area contributed by atoms with Crippen LogP contribution in [0.1, 0.15) is 32.8 Å². The third-order valence-electron chi connectivity index (χ3n) is 2.44. The summed E-state index contributed by atoms with van der Waals surface area (Å²) >= 11 is 0. The van der Waals surface area contributed by atoms with Gasteiger partial charge < -0.3 is 0 Å². The molecule has 1 aromatic rings. The predicted molar refractivity (Wildman–Crippen MR) is 72.9 cm³/mol. The van der Waals surface area contributed by atoms with Gasteiger partial charge in [0.1, 0.15) is 0 Å². The first-order valence-electron chi connectivity index (χ1n) is 5.98. The summed E-state index contributed by atoms with van der Waals surface area (Å²) in [5.41, 5.74) is 3.83. The monoisotopic (exact) mass is 263 g/mol. The smallest absolute Gasteiger partial charge is 0.269 e. The van der Waals surface area contributed by atoms with Gasteiger partial charge in [0.15, 0.2) is 0 Å². The summed E-state index contributed by atoms with van der Waals surface area (Å²) in [5, 5.41) is 14.5. The number of hydrogen-bond acceptors (Lipinski definition) is 4. The molecule has 0 heterocycles. The van der Waals surface area contributed by atoms with Crippen LogP contribution in [0.3, 0.4) is 0 Å². The molecule has 102 valence electrons. The number of non-ortho nitro benzene ring substituents is 1. The molecular weight excluding hydrogens is 246 g/mol. The molecule has 0 saturated carbocycles. The van der Waals surface area contributed by atoms with Crippen LogP contribution in [-0.2, 0) is 4.79 Å². The maximum Gasteiger partial charge on any atom is 0.269 e. The number of rotatable bonds is 5. The van der Waals surface area contributed by atoms with Crippen molar-refractivity contribution >= 4 is 17.3 Å². The minimum absolute atomic E-state index is 0.0281.